The average Bonchev–Trinajstić information content (AvgIpc) is 1.82. The second-order valence-corrected chi connectivity index (χ2v) is 3.72. The van der Waals surface area contributed by atoms with Crippen molar-refractivity contribution in [2.75, 3.05) is 0 Å². The van der Waals surface area contributed by atoms with Gasteiger partial charge in [-0.05, 0) is 27.2 Å². The minimum absolute atomic E-state index is 0.318. The molecular weight excluding hydrogens is 156 g/mol. The first-order chi connectivity index (χ1) is 5.45. The molecule has 0 aromatic carbocycles. The normalized spacial score (nSPS) is 15.4. The van der Waals surface area contributed by atoms with Crippen LogP contribution in [0.4, 0.5) is 0 Å². The van der Waals surface area contributed by atoms with Crippen LogP contribution in [0.15, 0.2) is 0 Å². The van der Waals surface area contributed by atoms with E-state index in [9.17, 15) is 9.59 Å². The second-order valence-electron chi connectivity index (χ2n) is 3.72. The first-order valence-electron chi connectivity index (χ1n) is 4.09. The Kier molecular flexibility index (Phi) is 4.55. The predicted molar refractivity (Wildman–Crippen MR) is 45.8 cm³/mol. The van der Waals surface area contributed by atoms with Gasteiger partial charge in [0.25, 0.3) is 6.47 Å². The van der Waals surface area contributed by atoms with Crippen molar-refractivity contribution in [3.05, 3.63) is 0 Å². The number of hydrogen-bond donors (Lipinski definition) is 0. The van der Waals surface area contributed by atoms with Gasteiger partial charge in [-0.25, -0.2) is 0 Å². The summed E-state index contributed by atoms with van der Waals surface area (Å²) < 4.78 is 4.55. The summed E-state index contributed by atoms with van der Waals surface area (Å²) in [6.07, 6.45) is 2.83. The van der Waals surface area contributed by atoms with Crippen LogP contribution in [0.25, 0.3) is 0 Å². The Labute approximate surface area is 73.1 Å². The van der Waals surface area contributed by atoms with Crippen LogP contribution in [-0.2, 0) is 14.3 Å². The highest BCUT2D eigenvalue weighted by atomic mass is 16.5. The third-order valence-electron chi connectivity index (χ3n) is 1.31. The van der Waals surface area contributed by atoms with Crippen molar-refractivity contribution in [1.82, 2.24) is 0 Å². The van der Waals surface area contributed by atoms with Crippen molar-refractivity contribution in [2.45, 2.75) is 45.6 Å². The van der Waals surface area contributed by atoms with Gasteiger partial charge >= 0.3 is 0 Å². The summed E-state index contributed by atoms with van der Waals surface area (Å²) in [5.74, 6) is 0.435. The molecule has 0 heterocycles. The zero-order valence-corrected chi connectivity index (χ0v) is 7.92. The van der Waals surface area contributed by atoms with Gasteiger partial charge in [0.05, 0.1) is 0 Å². The molecule has 0 unspecified atom stereocenters. The molecule has 1 aliphatic rings. The summed E-state index contributed by atoms with van der Waals surface area (Å²) >= 11 is 0. The third kappa shape index (κ3) is 7.25. The maximum Gasteiger partial charge on any atom is 0.293 e. The van der Waals surface area contributed by atoms with Gasteiger partial charge in [-0.15, -0.1) is 0 Å². The summed E-state index contributed by atoms with van der Waals surface area (Å²) in [5, 5.41) is 0. The monoisotopic (exact) mass is 172 g/mol. The van der Waals surface area contributed by atoms with Crippen molar-refractivity contribution in [1.29, 1.82) is 0 Å². The Morgan fingerprint density at radius 2 is 1.75 bits per heavy atom. The summed E-state index contributed by atoms with van der Waals surface area (Å²) in [6, 6.07) is 0. The molecule has 3 heteroatoms. The summed E-state index contributed by atoms with van der Waals surface area (Å²) in [6.45, 7) is 5.92. The van der Waals surface area contributed by atoms with Crippen molar-refractivity contribution in [2.24, 2.45) is 0 Å². The first kappa shape index (κ1) is 11.1. The SMILES string of the molecule is CC(C)(C)OC=O.O=C1CCC1. The largest absolute Gasteiger partial charge is 0.462 e. The van der Waals surface area contributed by atoms with E-state index in [2.05, 4.69) is 4.74 Å². The van der Waals surface area contributed by atoms with Crippen LogP contribution in [0.2, 0.25) is 0 Å². The fraction of sp³-hybridized carbons (Fsp3) is 0.778. The Bertz CT molecular complexity index is 150. The summed E-state index contributed by atoms with van der Waals surface area (Å²) in [4.78, 5) is 19.5. The van der Waals surface area contributed by atoms with Crippen molar-refractivity contribution in [3.8, 4) is 0 Å². The molecule has 0 bridgehead atoms. The van der Waals surface area contributed by atoms with Gasteiger partial charge in [-0.3, -0.25) is 9.59 Å². The van der Waals surface area contributed by atoms with Crippen molar-refractivity contribution >= 4 is 12.3 Å². The van der Waals surface area contributed by atoms with Crippen molar-refractivity contribution in [3.63, 3.8) is 0 Å². The highest BCUT2D eigenvalue weighted by molar-refractivity contribution is 5.83. The number of rotatable bonds is 1. The number of carbonyl (C=O) groups is 2. The van der Waals surface area contributed by atoms with E-state index in [1.165, 1.54) is 0 Å². The fourth-order valence-electron chi connectivity index (χ4n) is 0.465. The number of carbonyl (C=O) groups excluding carboxylic acids is 2. The number of Topliss-reactive ketones (excluding diaryl/α,β-unsaturated/α-hetero) is 1. The van der Waals surface area contributed by atoms with Crippen LogP contribution in [-0.4, -0.2) is 17.9 Å². The number of ketones is 1. The molecule has 0 atom stereocenters. The Hall–Kier alpha value is -0.860. The van der Waals surface area contributed by atoms with Gasteiger partial charge < -0.3 is 4.74 Å². The van der Waals surface area contributed by atoms with E-state index in [1.54, 1.807) is 0 Å². The quantitative estimate of drug-likeness (QED) is 0.565. The molecule has 0 aromatic rings. The molecule has 3 nitrogen and oxygen atoms in total. The Morgan fingerprint density at radius 1 is 1.33 bits per heavy atom. The van der Waals surface area contributed by atoms with E-state index >= 15 is 0 Å². The van der Waals surface area contributed by atoms with E-state index < -0.39 is 0 Å². The molecule has 1 saturated carbocycles. The van der Waals surface area contributed by atoms with E-state index in [0.717, 1.165) is 19.3 Å². The van der Waals surface area contributed by atoms with E-state index in [4.69, 9.17) is 0 Å². The van der Waals surface area contributed by atoms with E-state index in [1.807, 2.05) is 20.8 Å². The van der Waals surface area contributed by atoms with Gasteiger partial charge in [0.15, 0.2) is 0 Å². The van der Waals surface area contributed by atoms with Crippen LogP contribution in [0, 0.1) is 0 Å². The molecular formula is C9H16O3. The smallest absolute Gasteiger partial charge is 0.293 e. The molecule has 70 valence electrons. The van der Waals surface area contributed by atoms with Gasteiger partial charge in [-0.2, -0.15) is 0 Å². The molecule has 0 radical (unpaired) electrons. The highest BCUT2D eigenvalue weighted by Crippen LogP contribution is 2.10. The average molecular weight is 172 g/mol. The Balaban J connectivity index is 0.000000211. The van der Waals surface area contributed by atoms with Crippen LogP contribution in [0.5, 0.6) is 0 Å². The van der Waals surface area contributed by atoms with Crippen LogP contribution >= 0.6 is 0 Å². The predicted octanol–water partition coefficient (Wildman–Crippen LogP) is 1.70. The molecule has 0 aliphatic heterocycles. The molecule has 1 rings (SSSR count). The lowest BCUT2D eigenvalue weighted by Crippen LogP contribution is -2.17. The van der Waals surface area contributed by atoms with Crippen molar-refractivity contribution < 1.29 is 14.3 Å². The van der Waals surface area contributed by atoms with Crippen LogP contribution in [0.1, 0.15) is 40.0 Å². The highest BCUT2D eigenvalue weighted by Gasteiger charge is 2.09. The molecule has 0 N–H and O–H groups in total. The van der Waals surface area contributed by atoms with E-state index in [0.29, 0.717) is 12.3 Å². The standard InChI is InChI=1S/C5H10O2.C4H6O/c1-5(2,3)7-4-6;5-4-2-1-3-4/h4H,1-3H3;1-3H2. The fourth-order valence-corrected chi connectivity index (χ4v) is 0.465. The Morgan fingerprint density at radius 3 is 1.75 bits per heavy atom. The summed E-state index contributed by atoms with van der Waals surface area (Å²) in [7, 11) is 0. The molecule has 0 saturated heterocycles. The molecule has 1 aliphatic carbocycles. The second kappa shape index (κ2) is 4.91. The number of hydrogen-bond acceptors (Lipinski definition) is 3. The maximum atomic E-state index is 9.90. The van der Waals surface area contributed by atoms with Gasteiger partial charge in [-0.1, -0.05) is 0 Å². The van der Waals surface area contributed by atoms with Crippen LogP contribution in [0.3, 0.4) is 0 Å². The molecule has 0 amide bonds. The molecule has 0 spiro atoms. The van der Waals surface area contributed by atoms with E-state index in [-0.39, 0.29) is 5.60 Å². The number of ether oxygens (including phenoxy) is 1. The van der Waals surface area contributed by atoms with Crippen LogP contribution < -0.4 is 0 Å². The van der Waals surface area contributed by atoms with Gasteiger partial charge in [0.1, 0.15) is 11.4 Å². The summed E-state index contributed by atoms with van der Waals surface area (Å²) in [5.41, 5.74) is -0.318. The molecule has 0 aromatic heterocycles. The lowest BCUT2D eigenvalue weighted by molar-refractivity contribution is -0.138. The first-order valence-corrected chi connectivity index (χ1v) is 4.09. The van der Waals surface area contributed by atoms with Gasteiger partial charge in [0, 0.05) is 12.8 Å². The minimum Gasteiger partial charge on any atom is -0.462 e. The molecule has 12 heavy (non-hydrogen) atoms. The zero-order chi connectivity index (χ0) is 9.61. The minimum atomic E-state index is -0.318. The third-order valence-corrected chi connectivity index (χ3v) is 1.31. The lowest BCUT2D eigenvalue weighted by atomic mass is 9.99. The molecule has 1 fully saturated rings. The lowest BCUT2D eigenvalue weighted by Gasteiger charge is -2.14. The topological polar surface area (TPSA) is 43.4 Å². The van der Waals surface area contributed by atoms with Gasteiger partial charge in [0.2, 0.25) is 0 Å². The maximum absolute atomic E-state index is 9.90. The zero-order valence-electron chi connectivity index (χ0n) is 7.92.